The van der Waals surface area contributed by atoms with E-state index >= 15 is 0 Å². The standard InChI is InChI=1S/C19H20N2O3S/c1-12-11-25-19(23)21(12)8-9-24-18(22)13-6-7-17-15(10-13)14-4-2-3-5-16(14)20-17/h6-7,10-11,20H,2-5,8-9H2,1H3. The van der Waals surface area contributed by atoms with Crippen LogP contribution in [0.4, 0.5) is 0 Å². The highest BCUT2D eigenvalue weighted by Crippen LogP contribution is 2.29. The summed E-state index contributed by atoms with van der Waals surface area (Å²) in [4.78, 5) is 27.5. The van der Waals surface area contributed by atoms with E-state index in [4.69, 9.17) is 4.74 Å². The number of carbonyl (C=O) groups is 1. The SMILES string of the molecule is Cc1csc(=O)n1CCOC(=O)c1ccc2[nH]c3c(c2c1)CCCC3. The fraction of sp³-hybridized carbons (Fsp3) is 0.368. The van der Waals surface area contributed by atoms with Crippen LogP contribution in [-0.2, 0) is 24.1 Å². The fourth-order valence-corrected chi connectivity index (χ4v) is 4.28. The number of rotatable bonds is 4. The van der Waals surface area contributed by atoms with Crippen LogP contribution in [0.25, 0.3) is 10.9 Å². The Kier molecular flexibility index (Phi) is 4.21. The number of aromatic amines is 1. The Morgan fingerprint density at radius 1 is 1.32 bits per heavy atom. The molecule has 0 saturated heterocycles. The number of carbonyl (C=O) groups excluding carboxylic acids is 1. The summed E-state index contributed by atoms with van der Waals surface area (Å²) in [5.41, 5.74) is 5.19. The van der Waals surface area contributed by atoms with E-state index in [0.717, 1.165) is 29.4 Å². The lowest BCUT2D eigenvalue weighted by atomic mass is 9.95. The summed E-state index contributed by atoms with van der Waals surface area (Å²) in [6.45, 7) is 2.46. The molecular weight excluding hydrogens is 336 g/mol. The Morgan fingerprint density at radius 3 is 2.96 bits per heavy atom. The molecule has 6 heteroatoms. The van der Waals surface area contributed by atoms with Crippen molar-refractivity contribution in [3.8, 4) is 0 Å². The molecule has 130 valence electrons. The predicted molar refractivity (Wildman–Crippen MR) is 98.5 cm³/mol. The Balaban J connectivity index is 1.49. The highest BCUT2D eigenvalue weighted by atomic mass is 32.1. The van der Waals surface area contributed by atoms with Gasteiger partial charge in [-0.2, -0.15) is 0 Å². The number of aromatic nitrogens is 2. The van der Waals surface area contributed by atoms with Gasteiger partial charge in [-0.25, -0.2) is 4.79 Å². The van der Waals surface area contributed by atoms with Gasteiger partial charge in [0.1, 0.15) is 6.61 Å². The number of thiazole rings is 1. The molecule has 0 bridgehead atoms. The summed E-state index contributed by atoms with van der Waals surface area (Å²) in [7, 11) is 0. The van der Waals surface area contributed by atoms with Crippen LogP contribution in [0.15, 0.2) is 28.4 Å². The number of hydrogen-bond acceptors (Lipinski definition) is 4. The lowest BCUT2D eigenvalue weighted by Gasteiger charge is -2.10. The van der Waals surface area contributed by atoms with E-state index in [1.54, 1.807) is 10.6 Å². The maximum Gasteiger partial charge on any atom is 0.338 e. The largest absolute Gasteiger partial charge is 0.460 e. The smallest absolute Gasteiger partial charge is 0.338 e. The third kappa shape index (κ3) is 3.02. The molecule has 25 heavy (non-hydrogen) atoms. The van der Waals surface area contributed by atoms with Gasteiger partial charge in [-0.3, -0.25) is 9.36 Å². The molecule has 0 unspecified atom stereocenters. The average molecular weight is 356 g/mol. The lowest BCUT2D eigenvalue weighted by molar-refractivity contribution is 0.0490. The van der Waals surface area contributed by atoms with Gasteiger partial charge in [0, 0.05) is 27.7 Å². The first-order valence-electron chi connectivity index (χ1n) is 8.59. The van der Waals surface area contributed by atoms with E-state index in [0.29, 0.717) is 12.1 Å². The molecule has 1 N–H and O–H groups in total. The summed E-state index contributed by atoms with van der Waals surface area (Å²) in [6.07, 6.45) is 4.56. The second-order valence-corrected chi connectivity index (χ2v) is 7.30. The zero-order chi connectivity index (χ0) is 17.4. The van der Waals surface area contributed by atoms with E-state index in [-0.39, 0.29) is 17.4 Å². The first kappa shape index (κ1) is 16.1. The first-order valence-corrected chi connectivity index (χ1v) is 9.47. The van der Waals surface area contributed by atoms with Gasteiger partial charge < -0.3 is 9.72 Å². The van der Waals surface area contributed by atoms with Gasteiger partial charge in [0.2, 0.25) is 0 Å². The Hall–Kier alpha value is -2.34. The number of ether oxygens (including phenoxy) is 1. The van der Waals surface area contributed by atoms with E-state index in [1.807, 2.05) is 24.4 Å². The van der Waals surface area contributed by atoms with Crippen LogP contribution in [0.2, 0.25) is 0 Å². The third-order valence-corrected chi connectivity index (χ3v) is 5.74. The molecule has 3 aromatic rings. The summed E-state index contributed by atoms with van der Waals surface area (Å²) < 4.78 is 7.01. The van der Waals surface area contributed by atoms with E-state index in [1.165, 1.54) is 35.4 Å². The molecular formula is C19H20N2O3S. The zero-order valence-electron chi connectivity index (χ0n) is 14.1. The topological polar surface area (TPSA) is 64.1 Å². The second-order valence-electron chi connectivity index (χ2n) is 6.48. The Labute approximate surface area is 149 Å². The summed E-state index contributed by atoms with van der Waals surface area (Å²) in [5.74, 6) is -0.339. The number of H-pyrrole nitrogens is 1. The first-order chi connectivity index (χ1) is 12.1. The Bertz CT molecular complexity index is 996. The number of nitrogens with one attached hydrogen (secondary N) is 1. The molecule has 1 aromatic carbocycles. The van der Waals surface area contributed by atoms with E-state index in [9.17, 15) is 9.59 Å². The number of nitrogens with zero attached hydrogens (tertiary/aromatic N) is 1. The van der Waals surface area contributed by atoms with E-state index < -0.39 is 0 Å². The lowest BCUT2D eigenvalue weighted by Crippen LogP contribution is -2.19. The van der Waals surface area contributed by atoms with Gasteiger partial charge in [0.05, 0.1) is 12.1 Å². The number of fused-ring (bicyclic) bond motifs is 3. The van der Waals surface area contributed by atoms with Crippen molar-refractivity contribution in [3.63, 3.8) is 0 Å². The van der Waals surface area contributed by atoms with Crippen LogP contribution in [0.1, 0.15) is 40.2 Å². The molecule has 0 radical (unpaired) electrons. The summed E-state index contributed by atoms with van der Waals surface area (Å²) in [6, 6.07) is 5.69. The molecule has 0 spiro atoms. The summed E-state index contributed by atoms with van der Waals surface area (Å²) in [5, 5.41) is 2.95. The predicted octanol–water partition coefficient (Wildman–Crippen LogP) is 3.44. The van der Waals surface area contributed by atoms with Gasteiger partial charge >= 0.3 is 10.8 Å². The fourth-order valence-electron chi connectivity index (χ4n) is 3.52. The van der Waals surface area contributed by atoms with Gasteiger partial charge in [-0.1, -0.05) is 11.3 Å². The number of aryl methyl sites for hydroxylation is 3. The molecule has 1 aliphatic carbocycles. The molecule has 0 atom stereocenters. The van der Waals surface area contributed by atoms with Crippen LogP contribution >= 0.6 is 11.3 Å². The van der Waals surface area contributed by atoms with Crippen molar-refractivity contribution < 1.29 is 9.53 Å². The normalized spacial score (nSPS) is 13.8. The number of benzene rings is 1. The minimum atomic E-state index is -0.339. The number of hydrogen-bond donors (Lipinski definition) is 1. The molecule has 4 rings (SSSR count). The minimum absolute atomic E-state index is 0.0195. The van der Waals surface area contributed by atoms with Gasteiger partial charge in [-0.15, -0.1) is 0 Å². The molecule has 0 fully saturated rings. The number of esters is 1. The van der Waals surface area contributed by atoms with Crippen molar-refractivity contribution in [2.24, 2.45) is 0 Å². The highest BCUT2D eigenvalue weighted by Gasteiger charge is 2.17. The van der Waals surface area contributed by atoms with Crippen molar-refractivity contribution in [1.82, 2.24) is 9.55 Å². The van der Waals surface area contributed by atoms with Gasteiger partial charge in [0.25, 0.3) is 0 Å². The van der Waals surface area contributed by atoms with Crippen LogP contribution in [0.3, 0.4) is 0 Å². The maximum absolute atomic E-state index is 12.4. The molecule has 0 amide bonds. The molecule has 0 aliphatic heterocycles. The quantitative estimate of drug-likeness (QED) is 0.729. The molecule has 2 heterocycles. The average Bonchev–Trinajstić information content (AvgIpc) is 3.15. The zero-order valence-corrected chi connectivity index (χ0v) is 14.9. The van der Waals surface area contributed by atoms with Crippen molar-refractivity contribution in [2.45, 2.75) is 39.2 Å². The van der Waals surface area contributed by atoms with Crippen molar-refractivity contribution >= 4 is 28.2 Å². The van der Waals surface area contributed by atoms with Crippen molar-refractivity contribution in [2.75, 3.05) is 6.61 Å². The molecule has 0 saturated carbocycles. The van der Waals surface area contributed by atoms with E-state index in [2.05, 4.69) is 4.98 Å². The summed E-state index contributed by atoms with van der Waals surface area (Å²) >= 11 is 1.17. The van der Waals surface area contributed by atoms with Crippen LogP contribution < -0.4 is 4.87 Å². The van der Waals surface area contributed by atoms with Gasteiger partial charge in [0.15, 0.2) is 0 Å². The van der Waals surface area contributed by atoms with Crippen LogP contribution in [0.5, 0.6) is 0 Å². The monoisotopic (exact) mass is 356 g/mol. The van der Waals surface area contributed by atoms with Crippen LogP contribution in [-0.4, -0.2) is 22.1 Å². The molecule has 1 aliphatic rings. The van der Waals surface area contributed by atoms with Crippen LogP contribution in [0, 0.1) is 6.92 Å². The second kappa shape index (κ2) is 6.52. The van der Waals surface area contributed by atoms with Crippen molar-refractivity contribution in [1.29, 1.82) is 0 Å². The third-order valence-electron chi connectivity index (χ3n) is 4.86. The minimum Gasteiger partial charge on any atom is -0.460 e. The maximum atomic E-state index is 12.4. The van der Waals surface area contributed by atoms with Crippen molar-refractivity contribution in [3.05, 3.63) is 55.8 Å². The highest BCUT2D eigenvalue weighted by molar-refractivity contribution is 7.07. The molecule has 5 nitrogen and oxygen atoms in total. The van der Waals surface area contributed by atoms with Gasteiger partial charge in [-0.05, 0) is 56.4 Å². The Morgan fingerprint density at radius 2 is 2.16 bits per heavy atom. The molecule has 2 aromatic heterocycles.